The maximum absolute atomic E-state index is 11.9. The van der Waals surface area contributed by atoms with Crippen LogP contribution in [0.4, 0.5) is 5.82 Å². The number of amides is 1. The molecule has 0 aliphatic carbocycles. The number of carbonyl (C=O) groups is 1. The molecule has 0 bridgehead atoms. The third-order valence-corrected chi connectivity index (χ3v) is 4.81. The van der Waals surface area contributed by atoms with Crippen LogP contribution < -0.4 is 5.32 Å². The molecule has 1 N–H and O–H groups in total. The van der Waals surface area contributed by atoms with E-state index in [-0.39, 0.29) is 23.3 Å². The summed E-state index contributed by atoms with van der Waals surface area (Å²) < 4.78 is 22.6. The maximum atomic E-state index is 11.9. The van der Waals surface area contributed by atoms with Gasteiger partial charge in [-0.2, -0.15) is 0 Å². The van der Waals surface area contributed by atoms with Gasteiger partial charge < -0.3 is 5.32 Å². The number of hydrogen-bond donors (Lipinski definition) is 1. The van der Waals surface area contributed by atoms with Gasteiger partial charge in [0.15, 0.2) is 0 Å². The molecule has 5 nitrogen and oxygen atoms in total. The fourth-order valence-electron chi connectivity index (χ4n) is 1.99. The Morgan fingerprint density at radius 2 is 2.06 bits per heavy atom. The van der Waals surface area contributed by atoms with Crippen LogP contribution in [-0.2, 0) is 14.6 Å². The van der Waals surface area contributed by atoms with Crippen LogP contribution in [0.5, 0.6) is 0 Å². The molecule has 0 atom stereocenters. The van der Waals surface area contributed by atoms with Crippen molar-refractivity contribution in [2.24, 2.45) is 5.92 Å². The predicted octanol–water partition coefficient (Wildman–Crippen LogP) is 1.15. The Bertz CT molecular complexity index is 540. The van der Waals surface area contributed by atoms with Gasteiger partial charge in [-0.1, -0.05) is 0 Å². The molecule has 0 saturated carbocycles. The average Bonchev–Trinajstić information content (AvgIpc) is 2.28. The van der Waals surface area contributed by atoms with E-state index in [2.05, 4.69) is 10.3 Å². The second-order valence-corrected chi connectivity index (χ2v) is 6.94. The highest BCUT2D eigenvalue weighted by atomic mass is 32.2. The molecule has 6 heteroatoms. The minimum absolute atomic E-state index is 0.104. The second-order valence-electron chi connectivity index (χ2n) is 4.63. The Labute approximate surface area is 107 Å². The molecule has 0 unspecified atom stereocenters. The number of aromatic nitrogens is 1. The van der Waals surface area contributed by atoms with E-state index < -0.39 is 9.84 Å². The van der Waals surface area contributed by atoms with Crippen molar-refractivity contribution in [1.82, 2.24) is 4.98 Å². The van der Waals surface area contributed by atoms with E-state index in [0.717, 1.165) is 5.56 Å². The number of nitrogens with zero attached hydrogens (tertiary/aromatic N) is 1. The van der Waals surface area contributed by atoms with Crippen LogP contribution in [0.1, 0.15) is 18.4 Å². The van der Waals surface area contributed by atoms with Gasteiger partial charge in [0, 0.05) is 12.1 Å². The van der Waals surface area contributed by atoms with E-state index in [9.17, 15) is 13.2 Å². The van der Waals surface area contributed by atoms with E-state index in [1.54, 1.807) is 12.3 Å². The third-order valence-electron chi connectivity index (χ3n) is 3.09. The van der Waals surface area contributed by atoms with Crippen LogP contribution in [0.25, 0.3) is 0 Å². The minimum Gasteiger partial charge on any atom is -0.310 e. The lowest BCUT2D eigenvalue weighted by Crippen LogP contribution is -2.32. The topological polar surface area (TPSA) is 76.1 Å². The molecule has 1 aromatic rings. The predicted molar refractivity (Wildman–Crippen MR) is 69.0 cm³/mol. The molecule has 0 aromatic carbocycles. The first-order chi connectivity index (χ1) is 8.46. The number of rotatable bonds is 2. The normalized spacial score (nSPS) is 19.4. The number of nitrogens with one attached hydrogen (secondary N) is 1. The Kier molecular flexibility index (Phi) is 3.65. The van der Waals surface area contributed by atoms with Crippen molar-refractivity contribution >= 4 is 21.6 Å². The summed E-state index contributed by atoms with van der Waals surface area (Å²) in [4.78, 5) is 16.0. The Hall–Kier alpha value is -1.43. The molecule has 2 heterocycles. The summed E-state index contributed by atoms with van der Waals surface area (Å²) in [7, 11) is -2.92. The van der Waals surface area contributed by atoms with Gasteiger partial charge in [0.05, 0.1) is 11.5 Å². The highest BCUT2D eigenvalue weighted by Crippen LogP contribution is 2.20. The summed E-state index contributed by atoms with van der Waals surface area (Å²) in [6.07, 6.45) is 2.44. The SMILES string of the molecule is Cc1ccnc(NC(=O)C2CCS(=O)(=O)CC2)c1. The van der Waals surface area contributed by atoms with Crippen molar-refractivity contribution in [1.29, 1.82) is 0 Å². The molecule has 1 amide bonds. The van der Waals surface area contributed by atoms with Crippen molar-refractivity contribution in [3.05, 3.63) is 23.9 Å². The molecular weight excluding hydrogens is 252 g/mol. The van der Waals surface area contributed by atoms with Crippen LogP contribution in [0.15, 0.2) is 18.3 Å². The van der Waals surface area contributed by atoms with E-state index >= 15 is 0 Å². The molecule has 0 spiro atoms. The van der Waals surface area contributed by atoms with Gasteiger partial charge in [-0.25, -0.2) is 13.4 Å². The van der Waals surface area contributed by atoms with E-state index in [4.69, 9.17) is 0 Å². The van der Waals surface area contributed by atoms with Crippen LogP contribution in [-0.4, -0.2) is 30.8 Å². The van der Waals surface area contributed by atoms with Gasteiger partial charge in [-0.05, 0) is 37.5 Å². The second kappa shape index (κ2) is 5.06. The van der Waals surface area contributed by atoms with Gasteiger partial charge in [-0.3, -0.25) is 4.79 Å². The third kappa shape index (κ3) is 3.29. The molecule has 1 aliphatic rings. The van der Waals surface area contributed by atoms with Gasteiger partial charge >= 0.3 is 0 Å². The summed E-state index contributed by atoms with van der Waals surface area (Å²) >= 11 is 0. The number of hydrogen-bond acceptors (Lipinski definition) is 4. The quantitative estimate of drug-likeness (QED) is 0.873. The molecule has 1 fully saturated rings. The smallest absolute Gasteiger partial charge is 0.228 e. The van der Waals surface area contributed by atoms with Crippen molar-refractivity contribution in [3.63, 3.8) is 0 Å². The van der Waals surface area contributed by atoms with Crippen LogP contribution >= 0.6 is 0 Å². The van der Waals surface area contributed by atoms with Crippen LogP contribution in [0.2, 0.25) is 0 Å². The average molecular weight is 268 g/mol. The largest absolute Gasteiger partial charge is 0.310 e. The Morgan fingerprint density at radius 3 is 2.67 bits per heavy atom. The van der Waals surface area contributed by atoms with Crippen molar-refractivity contribution in [2.45, 2.75) is 19.8 Å². The lowest BCUT2D eigenvalue weighted by Gasteiger charge is -2.20. The Balaban J connectivity index is 1.97. The molecule has 1 saturated heterocycles. The van der Waals surface area contributed by atoms with Crippen LogP contribution in [0.3, 0.4) is 0 Å². The lowest BCUT2D eigenvalue weighted by atomic mass is 10.0. The first-order valence-corrected chi connectivity index (χ1v) is 7.72. The molecule has 1 aliphatic heterocycles. The minimum atomic E-state index is -2.92. The molecule has 2 rings (SSSR count). The van der Waals surface area contributed by atoms with Gasteiger partial charge in [-0.15, -0.1) is 0 Å². The number of carbonyl (C=O) groups excluding carboxylic acids is 1. The number of pyridine rings is 1. The molecule has 1 aromatic heterocycles. The fraction of sp³-hybridized carbons (Fsp3) is 0.500. The van der Waals surface area contributed by atoms with E-state index in [1.165, 1.54) is 0 Å². The summed E-state index contributed by atoms with van der Waals surface area (Å²) in [6.45, 7) is 1.92. The Morgan fingerprint density at radius 1 is 1.39 bits per heavy atom. The summed E-state index contributed by atoms with van der Waals surface area (Å²) in [5.41, 5.74) is 1.02. The first kappa shape index (κ1) is 13.0. The monoisotopic (exact) mass is 268 g/mol. The molecular formula is C12H16N2O3S. The highest BCUT2D eigenvalue weighted by Gasteiger charge is 2.28. The number of sulfone groups is 1. The zero-order valence-electron chi connectivity index (χ0n) is 10.2. The molecule has 0 radical (unpaired) electrons. The van der Waals surface area contributed by atoms with Crippen molar-refractivity contribution in [3.8, 4) is 0 Å². The van der Waals surface area contributed by atoms with E-state index in [1.807, 2.05) is 13.0 Å². The highest BCUT2D eigenvalue weighted by molar-refractivity contribution is 7.91. The lowest BCUT2D eigenvalue weighted by molar-refractivity contribution is -0.120. The van der Waals surface area contributed by atoms with E-state index in [0.29, 0.717) is 18.7 Å². The van der Waals surface area contributed by atoms with Crippen molar-refractivity contribution < 1.29 is 13.2 Å². The van der Waals surface area contributed by atoms with Gasteiger partial charge in [0.2, 0.25) is 5.91 Å². The standard InChI is InChI=1S/C12H16N2O3S/c1-9-2-5-13-11(8-9)14-12(15)10-3-6-18(16,17)7-4-10/h2,5,8,10H,3-4,6-7H2,1H3,(H,13,14,15). The summed E-state index contributed by atoms with van der Waals surface area (Å²) in [6, 6.07) is 3.64. The van der Waals surface area contributed by atoms with Crippen LogP contribution in [0, 0.1) is 12.8 Å². The maximum Gasteiger partial charge on any atom is 0.228 e. The fourth-order valence-corrected chi connectivity index (χ4v) is 3.48. The number of aryl methyl sites for hydroxylation is 1. The molecule has 18 heavy (non-hydrogen) atoms. The summed E-state index contributed by atoms with van der Waals surface area (Å²) in [5, 5.41) is 2.73. The number of anilines is 1. The zero-order valence-corrected chi connectivity index (χ0v) is 11.0. The van der Waals surface area contributed by atoms with Crippen molar-refractivity contribution in [2.75, 3.05) is 16.8 Å². The summed E-state index contributed by atoms with van der Waals surface area (Å²) in [5.74, 6) is 0.367. The zero-order chi connectivity index (χ0) is 13.2. The first-order valence-electron chi connectivity index (χ1n) is 5.90. The molecule has 98 valence electrons. The van der Waals surface area contributed by atoms with Gasteiger partial charge in [0.25, 0.3) is 0 Å². The van der Waals surface area contributed by atoms with Gasteiger partial charge in [0.1, 0.15) is 15.7 Å².